The molecule has 1 unspecified atom stereocenters. The first-order chi connectivity index (χ1) is 17.4. The molecule has 1 aromatic carbocycles. The third kappa shape index (κ3) is 5.62. The minimum Gasteiger partial charge on any atom is -0.380 e. The summed E-state index contributed by atoms with van der Waals surface area (Å²) in [5.74, 6) is -0.269. The van der Waals surface area contributed by atoms with E-state index >= 15 is 0 Å². The molecule has 3 N–H and O–H groups in total. The number of nitrogens with zero attached hydrogens (tertiary/aromatic N) is 4. The maximum atomic E-state index is 13.0. The van der Waals surface area contributed by atoms with Gasteiger partial charge in [-0.1, -0.05) is 13.0 Å². The van der Waals surface area contributed by atoms with Crippen molar-refractivity contribution < 1.29 is 14.6 Å². The second kappa shape index (κ2) is 11.0. The minimum absolute atomic E-state index is 0.269. The highest BCUT2D eigenvalue weighted by Gasteiger charge is 2.46. The van der Waals surface area contributed by atoms with Gasteiger partial charge in [0, 0.05) is 36.7 Å². The van der Waals surface area contributed by atoms with Crippen LogP contribution in [0.5, 0.6) is 0 Å². The summed E-state index contributed by atoms with van der Waals surface area (Å²) in [4.78, 5) is 21.8. The normalized spacial score (nSPS) is 19.8. The molecule has 1 aliphatic heterocycles. The molecule has 0 spiro atoms. The number of aliphatic hydroxyl groups excluding tert-OH is 1. The first-order valence-corrected chi connectivity index (χ1v) is 12.2. The Balaban J connectivity index is 1.53. The Bertz CT molecular complexity index is 1230. The number of carbonyl (C=O) groups is 1. The van der Waals surface area contributed by atoms with Crippen molar-refractivity contribution >= 4 is 23.0 Å². The van der Waals surface area contributed by atoms with Gasteiger partial charge in [0.15, 0.2) is 6.23 Å². The van der Waals surface area contributed by atoms with Gasteiger partial charge in [0.1, 0.15) is 0 Å². The van der Waals surface area contributed by atoms with Crippen molar-refractivity contribution in [3.8, 4) is 6.07 Å². The fourth-order valence-corrected chi connectivity index (χ4v) is 4.03. The lowest BCUT2D eigenvalue weighted by molar-refractivity contribution is 0.0529. The number of nitriles is 1. The molecule has 9 nitrogen and oxygen atoms in total. The summed E-state index contributed by atoms with van der Waals surface area (Å²) in [6, 6.07) is 11.3. The van der Waals surface area contributed by atoms with Gasteiger partial charge >= 0.3 is 0 Å². The molecule has 4 rings (SSSR count). The van der Waals surface area contributed by atoms with Gasteiger partial charge in [-0.05, 0) is 62.1 Å². The predicted octanol–water partition coefficient (Wildman–Crippen LogP) is 3.17. The van der Waals surface area contributed by atoms with Gasteiger partial charge in [-0.3, -0.25) is 14.8 Å². The van der Waals surface area contributed by atoms with Crippen molar-refractivity contribution in [3.63, 3.8) is 0 Å². The number of aliphatic hydroxyl groups is 1. The van der Waals surface area contributed by atoms with Crippen LogP contribution in [-0.4, -0.2) is 59.8 Å². The number of carbonyl (C=O) groups excluding carboxylic acids is 1. The Morgan fingerprint density at radius 1 is 1.36 bits per heavy atom. The number of hydrogen-bond donors (Lipinski definition) is 3. The lowest BCUT2D eigenvalue weighted by atomic mass is 10.0. The quantitative estimate of drug-likeness (QED) is 0.463. The lowest BCUT2D eigenvalue weighted by Gasteiger charge is -2.32. The lowest BCUT2D eigenvalue weighted by Crippen LogP contribution is -2.49. The number of benzene rings is 1. The molecule has 1 aliphatic carbocycles. The van der Waals surface area contributed by atoms with E-state index in [1.807, 2.05) is 31.2 Å². The van der Waals surface area contributed by atoms with Crippen LogP contribution in [0.25, 0.3) is 5.70 Å². The first-order valence-electron chi connectivity index (χ1n) is 12.2. The van der Waals surface area contributed by atoms with Crippen molar-refractivity contribution in [2.75, 3.05) is 32.1 Å². The topological polar surface area (TPSA) is 123 Å². The number of rotatable bonds is 9. The SMILES string of the molecule is CCCOCCN=C1C=C(c2cc(NC(=O)c3ccnc(C4(C#N)CC4)c3)ccc2C)NN(C)C1O. The summed E-state index contributed by atoms with van der Waals surface area (Å²) in [6.07, 6.45) is 5.01. The molecule has 1 atom stereocenters. The van der Waals surface area contributed by atoms with Crippen LogP contribution < -0.4 is 10.7 Å². The molecule has 1 saturated carbocycles. The van der Waals surface area contributed by atoms with Crippen LogP contribution in [0.1, 0.15) is 53.4 Å². The van der Waals surface area contributed by atoms with E-state index in [9.17, 15) is 15.2 Å². The number of hydrazine groups is 1. The highest BCUT2D eigenvalue weighted by Crippen LogP contribution is 2.46. The summed E-state index contributed by atoms with van der Waals surface area (Å²) in [5, 5.41) is 24.5. The molecular formula is C27H32N6O3. The fourth-order valence-electron chi connectivity index (χ4n) is 4.03. The van der Waals surface area contributed by atoms with Gasteiger partial charge in [-0.25, -0.2) is 0 Å². The van der Waals surface area contributed by atoms with Gasteiger partial charge in [0.2, 0.25) is 0 Å². The van der Waals surface area contributed by atoms with Crippen LogP contribution in [-0.2, 0) is 10.2 Å². The summed E-state index contributed by atoms with van der Waals surface area (Å²) < 4.78 is 5.49. The van der Waals surface area contributed by atoms with Crippen LogP contribution in [0.3, 0.4) is 0 Å². The molecule has 0 radical (unpaired) electrons. The molecule has 9 heteroatoms. The Kier molecular flexibility index (Phi) is 7.79. The standard InChI is InChI=1S/C27H32N6O3/c1-4-12-36-13-11-29-23-16-22(32-33(3)26(23)35)21-15-20(6-5-18(21)2)31-25(34)19-7-10-30-24(14-19)27(17-28)8-9-27/h5-7,10,14-16,26,32,35H,4,8-9,11-13H2,1-3H3,(H,31,34). The van der Waals surface area contributed by atoms with E-state index in [1.165, 1.54) is 0 Å². The number of amides is 1. The van der Waals surface area contributed by atoms with Gasteiger partial charge in [-0.2, -0.15) is 10.3 Å². The molecule has 1 amide bonds. The van der Waals surface area contributed by atoms with Crippen LogP contribution in [0.15, 0.2) is 47.6 Å². The second-order valence-electron chi connectivity index (χ2n) is 9.18. The van der Waals surface area contributed by atoms with Crippen molar-refractivity contribution in [2.24, 2.45) is 4.99 Å². The number of ether oxygens (including phenoxy) is 1. The molecule has 0 bridgehead atoms. The Morgan fingerprint density at radius 3 is 2.89 bits per heavy atom. The molecule has 188 valence electrons. The molecule has 2 aromatic rings. The zero-order valence-electron chi connectivity index (χ0n) is 20.9. The minimum atomic E-state index is -0.882. The summed E-state index contributed by atoms with van der Waals surface area (Å²) >= 11 is 0. The number of aliphatic imine (C=N–C) groups is 1. The van der Waals surface area contributed by atoms with E-state index < -0.39 is 11.6 Å². The maximum Gasteiger partial charge on any atom is 0.255 e. The van der Waals surface area contributed by atoms with Crippen molar-refractivity contribution in [3.05, 3.63) is 65.0 Å². The van der Waals surface area contributed by atoms with E-state index in [0.29, 0.717) is 42.4 Å². The van der Waals surface area contributed by atoms with Gasteiger partial charge in [0.05, 0.1) is 41.7 Å². The molecule has 36 heavy (non-hydrogen) atoms. The van der Waals surface area contributed by atoms with Crippen molar-refractivity contribution in [1.82, 2.24) is 15.4 Å². The predicted molar refractivity (Wildman–Crippen MR) is 138 cm³/mol. The Labute approximate surface area is 211 Å². The number of aryl methyl sites for hydroxylation is 1. The average Bonchev–Trinajstić information content (AvgIpc) is 3.69. The van der Waals surface area contributed by atoms with Gasteiger partial charge < -0.3 is 20.6 Å². The van der Waals surface area contributed by atoms with Crippen LogP contribution in [0, 0.1) is 18.3 Å². The van der Waals surface area contributed by atoms with E-state index in [4.69, 9.17) is 4.74 Å². The average molecular weight is 489 g/mol. The summed E-state index contributed by atoms with van der Waals surface area (Å²) in [5.41, 5.74) is 7.55. The largest absolute Gasteiger partial charge is 0.380 e. The molecule has 2 aliphatic rings. The maximum absolute atomic E-state index is 13.0. The third-order valence-corrected chi connectivity index (χ3v) is 6.36. The monoisotopic (exact) mass is 488 g/mol. The van der Waals surface area contributed by atoms with E-state index in [0.717, 1.165) is 36.1 Å². The zero-order chi connectivity index (χ0) is 25.7. The van der Waals surface area contributed by atoms with Crippen molar-refractivity contribution in [2.45, 2.75) is 44.8 Å². The fraction of sp³-hybridized carbons (Fsp3) is 0.407. The smallest absolute Gasteiger partial charge is 0.255 e. The molecular weight excluding hydrogens is 456 g/mol. The highest BCUT2D eigenvalue weighted by atomic mass is 16.5. The Morgan fingerprint density at radius 2 is 2.17 bits per heavy atom. The van der Waals surface area contributed by atoms with Gasteiger partial charge in [-0.15, -0.1) is 0 Å². The van der Waals surface area contributed by atoms with E-state index in [2.05, 4.69) is 33.7 Å². The number of nitrogens with one attached hydrogen (secondary N) is 2. The van der Waals surface area contributed by atoms with Crippen LogP contribution >= 0.6 is 0 Å². The molecule has 1 aromatic heterocycles. The van der Waals surface area contributed by atoms with E-state index in [1.54, 1.807) is 30.4 Å². The third-order valence-electron chi connectivity index (χ3n) is 6.36. The van der Waals surface area contributed by atoms with Gasteiger partial charge in [0.25, 0.3) is 5.91 Å². The van der Waals surface area contributed by atoms with Crippen LogP contribution in [0.2, 0.25) is 0 Å². The molecule has 0 saturated heterocycles. The Hall–Kier alpha value is -3.58. The number of pyridine rings is 1. The van der Waals surface area contributed by atoms with Crippen LogP contribution in [0.4, 0.5) is 5.69 Å². The molecule has 2 heterocycles. The second-order valence-corrected chi connectivity index (χ2v) is 9.18. The van der Waals surface area contributed by atoms with E-state index in [-0.39, 0.29) is 5.91 Å². The number of aromatic nitrogens is 1. The summed E-state index contributed by atoms with van der Waals surface area (Å²) in [6.45, 7) is 5.68. The zero-order valence-corrected chi connectivity index (χ0v) is 20.9. The molecule has 1 fully saturated rings. The number of hydrogen-bond acceptors (Lipinski definition) is 8. The highest BCUT2D eigenvalue weighted by molar-refractivity contribution is 6.06. The summed E-state index contributed by atoms with van der Waals surface area (Å²) in [7, 11) is 1.75. The number of anilines is 1. The van der Waals surface area contributed by atoms with Crippen molar-refractivity contribution in [1.29, 1.82) is 5.26 Å². The first kappa shape index (κ1) is 25.5.